The maximum absolute atomic E-state index is 12.4. The summed E-state index contributed by atoms with van der Waals surface area (Å²) in [7, 11) is 0. The molecule has 0 saturated heterocycles. The van der Waals surface area contributed by atoms with Gasteiger partial charge in [0.1, 0.15) is 6.61 Å². The van der Waals surface area contributed by atoms with Crippen LogP contribution < -0.4 is 10.4 Å². The van der Waals surface area contributed by atoms with Gasteiger partial charge in [-0.3, -0.25) is 10.1 Å². The van der Waals surface area contributed by atoms with Crippen LogP contribution >= 0.6 is 0 Å². The first-order valence-corrected chi connectivity index (χ1v) is 9.99. The maximum atomic E-state index is 12.4. The highest BCUT2D eigenvalue weighted by molar-refractivity contribution is 5.80. The molecule has 0 saturated carbocycles. The number of carbonyl (C=O) groups excluding carboxylic acids is 2. The molecule has 0 spiro atoms. The molecule has 0 unspecified atom stereocenters. The van der Waals surface area contributed by atoms with Crippen LogP contribution in [-0.2, 0) is 16.0 Å². The number of carboxylic acids is 1. The Balaban J connectivity index is 1.41. The molecule has 3 aromatic carbocycles. The lowest BCUT2D eigenvalue weighted by Gasteiger charge is -2.21. The number of carboxylic acid groups (broad SMARTS) is 1. The number of non-ortho nitro benzene ring substituents is 1. The van der Waals surface area contributed by atoms with Crippen molar-refractivity contribution in [3.63, 3.8) is 0 Å². The molecule has 0 radical (unpaired) electrons. The minimum absolute atomic E-state index is 0.0527. The third-order valence-electron chi connectivity index (χ3n) is 5.51. The van der Waals surface area contributed by atoms with Crippen LogP contribution in [0, 0.1) is 10.1 Å². The minimum atomic E-state index is -1.48. The van der Waals surface area contributed by atoms with E-state index in [0.717, 1.165) is 22.3 Å². The van der Waals surface area contributed by atoms with E-state index < -0.39 is 23.0 Å². The summed E-state index contributed by atoms with van der Waals surface area (Å²) in [6.07, 6.45) is -0.965. The normalized spacial score (nSPS) is 13.0. The van der Waals surface area contributed by atoms with E-state index >= 15 is 0 Å². The Hall–Kier alpha value is -4.20. The number of benzene rings is 3. The summed E-state index contributed by atoms with van der Waals surface area (Å²) in [5.74, 6) is -1.62. The Morgan fingerprint density at radius 2 is 1.50 bits per heavy atom. The number of alkyl carbamates (subject to hydrolysis) is 1. The fourth-order valence-electron chi connectivity index (χ4n) is 3.97. The number of fused-ring (bicyclic) bond motifs is 3. The van der Waals surface area contributed by atoms with Gasteiger partial charge in [0.15, 0.2) is 0 Å². The lowest BCUT2D eigenvalue weighted by molar-refractivity contribution is -0.384. The van der Waals surface area contributed by atoms with Crippen molar-refractivity contribution < 1.29 is 24.4 Å². The van der Waals surface area contributed by atoms with Crippen LogP contribution in [0.25, 0.3) is 11.1 Å². The summed E-state index contributed by atoms with van der Waals surface area (Å²) in [5, 5.41) is 24.6. The molecule has 162 valence electrons. The Labute approximate surface area is 183 Å². The van der Waals surface area contributed by atoms with E-state index in [1.807, 2.05) is 48.5 Å². The molecule has 0 aliphatic heterocycles. The number of amides is 1. The minimum Gasteiger partial charge on any atom is -0.548 e. The van der Waals surface area contributed by atoms with Gasteiger partial charge >= 0.3 is 6.09 Å². The van der Waals surface area contributed by atoms with Crippen LogP contribution in [0.1, 0.15) is 22.6 Å². The van der Waals surface area contributed by atoms with E-state index in [2.05, 4.69) is 5.32 Å². The highest BCUT2D eigenvalue weighted by Gasteiger charge is 2.29. The number of hydrogen-bond donors (Lipinski definition) is 1. The molecule has 3 aromatic rings. The third-order valence-corrected chi connectivity index (χ3v) is 5.51. The molecule has 4 rings (SSSR count). The number of nitro groups is 1. The van der Waals surface area contributed by atoms with Gasteiger partial charge < -0.3 is 20.0 Å². The first kappa shape index (κ1) is 21.0. The quantitative estimate of drug-likeness (QED) is 0.453. The molecule has 1 aliphatic rings. The number of nitrogens with zero attached hydrogens (tertiary/aromatic N) is 1. The number of aliphatic carboxylic acids is 1. The molecule has 1 N–H and O–H groups in total. The number of carbonyl (C=O) groups is 2. The predicted octanol–water partition coefficient (Wildman–Crippen LogP) is 2.79. The first-order chi connectivity index (χ1) is 15.4. The largest absolute Gasteiger partial charge is 0.548 e. The van der Waals surface area contributed by atoms with Crippen molar-refractivity contribution in [2.24, 2.45) is 0 Å². The van der Waals surface area contributed by atoms with E-state index in [9.17, 15) is 24.8 Å². The Morgan fingerprint density at radius 1 is 0.938 bits per heavy atom. The van der Waals surface area contributed by atoms with Crippen molar-refractivity contribution in [2.45, 2.75) is 18.4 Å². The van der Waals surface area contributed by atoms with Gasteiger partial charge in [-0.2, -0.15) is 0 Å². The fraction of sp³-hybridized carbons (Fsp3) is 0.167. The van der Waals surface area contributed by atoms with Gasteiger partial charge in [-0.15, -0.1) is 0 Å². The standard InChI is InChI=1S/C24H20N2O6/c27-23(28)22(13-15-9-11-16(12-10-15)26(30)31)25-24(29)32-14-21-19-7-3-1-5-17(19)18-6-2-4-8-20(18)21/h1-12,21-22H,13-14H2,(H,25,29)(H,27,28)/p-1/t22-/m1/s1. The van der Waals surface area contributed by atoms with Crippen LogP contribution in [0.5, 0.6) is 0 Å². The average Bonchev–Trinajstić information content (AvgIpc) is 3.11. The second kappa shape index (κ2) is 8.89. The zero-order chi connectivity index (χ0) is 22.7. The monoisotopic (exact) mass is 431 g/mol. The highest BCUT2D eigenvalue weighted by Crippen LogP contribution is 2.44. The third kappa shape index (κ3) is 4.29. The summed E-state index contributed by atoms with van der Waals surface area (Å²) < 4.78 is 5.38. The van der Waals surface area contributed by atoms with Crippen LogP contribution in [-0.4, -0.2) is 29.6 Å². The summed E-state index contributed by atoms with van der Waals surface area (Å²) in [4.78, 5) is 34.1. The Kier molecular flexibility index (Phi) is 5.85. The molecular weight excluding hydrogens is 412 g/mol. The molecule has 8 heteroatoms. The first-order valence-electron chi connectivity index (χ1n) is 9.99. The second-order valence-electron chi connectivity index (χ2n) is 7.47. The fourth-order valence-corrected chi connectivity index (χ4v) is 3.97. The van der Waals surface area contributed by atoms with Crippen LogP contribution in [0.15, 0.2) is 72.8 Å². The van der Waals surface area contributed by atoms with Crippen molar-refractivity contribution in [3.05, 3.63) is 99.6 Å². The highest BCUT2D eigenvalue weighted by atomic mass is 16.6. The molecule has 0 heterocycles. The molecular formula is C24H19N2O6-. The van der Waals surface area contributed by atoms with Crippen LogP contribution in [0.3, 0.4) is 0 Å². The lowest BCUT2D eigenvalue weighted by Crippen LogP contribution is -2.49. The van der Waals surface area contributed by atoms with Crippen molar-refractivity contribution in [1.29, 1.82) is 0 Å². The average molecular weight is 431 g/mol. The summed E-state index contributed by atoms with van der Waals surface area (Å²) in [6.45, 7) is 0.0527. The summed E-state index contributed by atoms with van der Waals surface area (Å²) in [5.41, 5.74) is 4.66. The summed E-state index contributed by atoms with van der Waals surface area (Å²) in [6, 6.07) is 19.8. The van der Waals surface area contributed by atoms with Gasteiger partial charge in [0.05, 0.1) is 16.9 Å². The predicted molar refractivity (Wildman–Crippen MR) is 114 cm³/mol. The van der Waals surface area contributed by atoms with Gasteiger partial charge in [0.25, 0.3) is 5.69 Å². The van der Waals surface area contributed by atoms with Crippen LogP contribution in [0.2, 0.25) is 0 Å². The van der Waals surface area contributed by atoms with Gasteiger partial charge in [-0.1, -0.05) is 60.7 Å². The second-order valence-corrected chi connectivity index (χ2v) is 7.47. The Morgan fingerprint density at radius 3 is 2.03 bits per heavy atom. The van der Waals surface area contributed by atoms with Crippen molar-refractivity contribution in [1.82, 2.24) is 5.32 Å². The smallest absolute Gasteiger partial charge is 0.407 e. The van der Waals surface area contributed by atoms with Gasteiger partial charge in [-0.25, -0.2) is 4.79 Å². The number of rotatable bonds is 7. The SMILES string of the molecule is O=C(N[C@H](Cc1ccc([N+](=O)[O-])cc1)C(=O)[O-])OCC1c2ccccc2-c2ccccc21. The zero-order valence-corrected chi connectivity index (χ0v) is 16.9. The van der Waals surface area contributed by atoms with E-state index in [0.29, 0.717) is 5.56 Å². The number of nitrogens with one attached hydrogen (secondary N) is 1. The van der Waals surface area contributed by atoms with Crippen LogP contribution in [0.4, 0.5) is 10.5 Å². The number of nitro benzene ring substituents is 1. The van der Waals surface area contributed by atoms with Gasteiger partial charge in [-0.05, 0) is 34.2 Å². The Bertz CT molecular complexity index is 1130. The molecule has 0 aromatic heterocycles. The van der Waals surface area contributed by atoms with Crippen molar-refractivity contribution in [2.75, 3.05) is 6.61 Å². The van der Waals surface area contributed by atoms with E-state index in [1.165, 1.54) is 24.3 Å². The van der Waals surface area contributed by atoms with E-state index in [1.54, 1.807) is 0 Å². The number of ether oxygens (including phenoxy) is 1. The van der Waals surface area contributed by atoms with Crippen molar-refractivity contribution in [3.8, 4) is 11.1 Å². The van der Waals surface area contributed by atoms with Gasteiger partial charge in [0, 0.05) is 18.1 Å². The molecule has 0 fully saturated rings. The van der Waals surface area contributed by atoms with E-state index in [-0.39, 0.29) is 24.6 Å². The topological polar surface area (TPSA) is 122 Å². The molecule has 32 heavy (non-hydrogen) atoms. The van der Waals surface area contributed by atoms with E-state index in [4.69, 9.17) is 4.74 Å². The lowest BCUT2D eigenvalue weighted by atomic mass is 9.98. The molecule has 1 amide bonds. The summed E-state index contributed by atoms with van der Waals surface area (Å²) >= 11 is 0. The maximum Gasteiger partial charge on any atom is 0.407 e. The molecule has 1 atom stereocenters. The molecule has 1 aliphatic carbocycles. The van der Waals surface area contributed by atoms with Crippen molar-refractivity contribution >= 4 is 17.7 Å². The molecule has 8 nitrogen and oxygen atoms in total. The molecule has 0 bridgehead atoms. The van der Waals surface area contributed by atoms with Gasteiger partial charge in [0.2, 0.25) is 0 Å². The zero-order valence-electron chi connectivity index (χ0n) is 16.9. The number of hydrogen-bond acceptors (Lipinski definition) is 6.